The SMILES string of the molecule is F/C=C/CCCC1CCC(c2ccc(F)cc2)CC1. The lowest BCUT2D eigenvalue weighted by molar-refractivity contribution is 0.305. The topological polar surface area (TPSA) is 0 Å². The highest BCUT2D eigenvalue weighted by atomic mass is 19.1. The molecular formula is C17H22F2. The lowest BCUT2D eigenvalue weighted by Gasteiger charge is -2.28. The third kappa shape index (κ3) is 4.45. The summed E-state index contributed by atoms with van der Waals surface area (Å²) in [7, 11) is 0. The first-order valence-electron chi connectivity index (χ1n) is 7.30. The van der Waals surface area contributed by atoms with Gasteiger partial charge in [0.1, 0.15) is 5.82 Å². The van der Waals surface area contributed by atoms with Crippen molar-refractivity contribution in [1.82, 2.24) is 0 Å². The van der Waals surface area contributed by atoms with Gasteiger partial charge in [-0.3, -0.25) is 0 Å². The molecule has 0 spiro atoms. The van der Waals surface area contributed by atoms with Gasteiger partial charge in [-0.15, -0.1) is 0 Å². The van der Waals surface area contributed by atoms with Crippen molar-refractivity contribution in [3.05, 3.63) is 48.1 Å². The van der Waals surface area contributed by atoms with Gasteiger partial charge in [-0.2, -0.15) is 0 Å². The smallest absolute Gasteiger partial charge is 0.123 e. The van der Waals surface area contributed by atoms with Crippen LogP contribution in [0.2, 0.25) is 0 Å². The van der Waals surface area contributed by atoms with Crippen LogP contribution in [0.5, 0.6) is 0 Å². The summed E-state index contributed by atoms with van der Waals surface area (Å²) < 4.78 is 24.7. The zero-order valence-corrected chi connectivity index (χ0v) is 11.3. The van der Waals surface area contributed by atoms with E-state index in [9.17, 15) is 8.78 Å². The van der Waals surface area contributed by atoms with Gasteiger partial charge >= 0.3 is 0 Å². The van der Waals surface area contributed by atoms with Crippen LogP contribution in [0, 0.1) is 11.7 Å². The van der Waals surface area contributed by atoms with Crippen molar-refractivity contribution < 1.29 is 8.78 Å². The first-order chi connectivity index (χ1) is 9.29. The average molecular weight is 264 g/mol. The van der Waals surface area contributed by atoms with Crippen LogP contribution in [-0.4, -0.2) is 0 Å². The van der Waals surface area contributed by atoms with Crippen molar-refractivity contribution >= 4 is 0 Å². The predicted molar refractivity (Wildman–Crippen MR) is 75.2 cm³/mol. The van der Waals surface area contributed by atoms with Crippen LogP contribution >= 0.6 is 0 Å². The van der Waals surface area contributed by atoms with Crippen LogP contribution in [0.4, 0.5) is 8.78 Å². The number of halogens is 2. The van der Waals surface area contributed by atoms with Gasteiger partial charge in [-0.05, 0) is 68.1 Å². The van der Waals surface area contributed by atoms with Crippen molar-refractivity contribution in [1.29, 1.82) is 0 Å². The maximum Gasteiger partial charge on any atom is 0.123 e. The summed E-state index contributed by atoms with van der Waals surface area (Å²) in [4.78, 5) is 0. The zero-order valence-electron chi connectivity index (χ0n) is 11.3. The summed E-state index contributed by atoms with van der Waals surface area (Å²) >= 11 is 0. The van der Waals surface area contributed by atoms with Gasteiger partial charge in [0.25, 0.3) is 0 Å². The van der Waals surface area contributed by atoms with E-state index in [4.69, 9.17) is 0 Å². The maximum atomic E-state index is 12.9. The summed E-state index contributed by atoms with van der Waals surface area (Å²) in [6, 6.07) is 6.97. The number of allylic oxidation sites excluding steroid dienone is 1. The summed E-state index contributed by atoms with van der Waals surface area (Å²) in [5.41, 5.74) is 1.28. The molecule has 1 saturated carbocycles. The first-order valence-corrected chi connectivity index (χ1v) is 7.30. The average Bonchev–Trinajstić information content (AvgIpc) is 2.45. The molecule has 0 unspecified atom stereocenters. The van der Waals surface area contributed by atoms with Crippen molar-refractivity contribution in [2.45, 2.75) is 50.9 Å². The molecule has 0 aliphatic heterocycles. The molecule has 1 aromatic carbocycles. The quantitative estimate of drug-likeness (QED) is 0.594. The second kappa shape index (κ2) is 7.42. The van der Waals surface area contributed by atoms with Crippen LogP contribution in [0.25, 0.3) is 0 Å². The molecule has 0 N–H and O–H groups in total. The zero-order chi connectivity index (χ0) is 13.5. The molecule has 1 aliphatic carbocycles. The van der Waals surface area contributed by atoms with E-state index in [0.29, 0.717) is 12.2 Å². The van der Waals surface area contributed by atoms with Gasteiger partial charge in [0, 0.05) is 0 Å². The minimum absolute atomic E-state index is 0.154. The van der Waals surface area contributed by atoms with E-state index in [1.54, 1.807) is 18.2 Å². The number of hydrogen-bond donors (Lipinski definition) is 0. The monoisotopic (exact) mass is 264 g/mol. The Labute approximate surface area is 114 Å². The highest BCUT2D eigenvalue weighted by Crippen LogP contribution is 2.37. The first kappa shape index (κ1) is 14.2. The Morgan fingerprint density at radius 2 is 1.74 bits per heavy atom. The van der Waals surface area contributed by atoms with Crippen LogP contribution in [0.15, 0.2) is 36.7 Å². The second-order valence-electron chi connectivity index (χ2n) is 5.56. The molecule has 19 heavy (non-hydrogen) atoms. The van der Waals surface area contributed by atoms with E-state index < -0.39 is 0 Å². The molecule has 104 valence electrons. The molecule has 0 bridgehead atoms. The largest absolute Gasteiger partial charge is 0.216 e. The van der Waals surface area contributed by atoms with Gasteiger partial charge in [0.2, 0.25) is 0 Å². The number of hydrogen-bond acceptors (Lipinski definition) is 0. The Morgan fingerprint density at radius 3 is 2.37 bits per heavy atom. The van der Waals surface area contributed by atoms with E-state index in [1.807, 2.05) is 12.1 Å². The van der Waals surface area contributed by atoms with Gasteiger partial charge in [-0.1, -0.05) is 24.6 Å². The van der Waals surface area contributed by atoms with E-state index in [2.05, 4.69) is 0 Å². The summed E-state index contributed by atoms with van der Waals surface area (Å²) in [6.45, 7) is 0. The Morgan fingerprint density at radius 1 is 1.05 bits per heavy atom. The molecule has 0 nitrogen and oxygen atoms in total. The molecule has 0 heterocycles. The molecule has 1 aromatic rings. The highest BCUT2D eigenvalue weighted by molar-refractivity contribution is 5.20. The van der Waals surface area contributed by atoms with Crippen LogP contribution in [-0.2, 0) is 0 Å². The van der Waals surface area contributed by atoms with Crippen LogP contribution in [0.1, 0.15) is 56.4 Å². The Balaban J connectivity index is 1.74. The lowest BCUT2D eigenvalue weighted by Crippen LogP contribution is -2.13. The van der Waals surface area contributed by atoms with Gasteiger partial charge < -0.3 is 0 Å². The van der Waals surface area contributed by atoms with E-state index >= 15 is 0 Å². The van der Waals surface area contributed by atoms with Gasteiger partial charge in [0.05, 0.1) is 6.33 Å². The molecule has 1 aliphatic rings. The van der Waals surface area contributed by atoms with E-state index in [1.165, 1.54) is 37.7 Å². The predicted octanol–water partition coefficient (Wildman–Crippen LogP) is 5.75. The molecule has 1 fully saturated rings. The van der Waals surface area contributed by atoms with Crippen molar-refractivity contribution in [3.63, 3.8) is 0 Å². The third-order valence-electron chi connectivity index (χ3n) is 4.26. The Kier molecular flexibility index (Phi) is 5.56. The number of rotatable bonds is 5. The molecule has 2 heteroatoms. The molecule has 0 atom stereocenters. The minimum Gasteiger partial charge on any atom is -0.216 e. The fourth-order valence-corrected chi connectivity index (χ4v) is 3.11. The number of benzene rings is 1. The van der Waals surface area contributed by atoms with Gasteiger partial charge in [0.15, 0.2) is 0 Å². The van der Waals surface area contributed by atoms with Crippen molar-refractivity contribution in [2.75, 3.05) is 0 Å². The van der Waals surface area contributed by atoms with Crippen molar-refractivity contribution in [3.8, 4) is 0 Å². The summed E-state index contributed by atoms with van der Waals surface area (Å²) in [5, 5.41) is 0. The Hall–Kier alpha value is -1.18. The lowest BCUT2D eigenvalue weighted by atomic mass is 9.77. The Bertz CT molecular complexity index is 386. The maximum absolute atomic E-state index is 12.9. The van der Waals surface area contributed by atoms with E-state index in [0.717, 1.165) is 18.8 Å². The fraction of sp³-hybridized carbons (Fsp3) is 0.529. The molecule has 2 rings (SSSR count). The molecular weight excluding hydrogens is 242 g/mol. The molecule has 0 saturated heterocycles. The molecule has 0 radical (unpaired) electrons. The van der Waals surface area contributed by atoms with Gasteiger partial charge in [-0.25, -0.2) is 8.78 Å². The number of unbranched alkanes of at least 4 members (excludes halogenated alkanes) is 1. The third-order valence-corrected chi connectivity index (χ3v) is 4.26. The summed E-state index contributed by atoms with van der Waals surface area (Å²) in [6.07, 6.45) is 10.3. The molecule has 0 amide bonds. The normalized spacial score (nSPS) is 23.9. The fourth-order valence-electron chi connectivity index (χ4n) is 3.11. The standard InChI is InChI=1S/C17H22F2/c18-13-3-1-2-4-14-5-7-15(8-6-14)16-9-11-17(19)12-10-16/h3,9-15H,1-2,4-8H2/b13-3+. The minimum atomic E-state index is -0.154. The second-order valence-corrected chi connectivity index (χ2v) is 5.56. The van der Waals surface area contributed by atoms with E-state index in [-0.39, 0.29) is 5.82 Å². The summed E-state index contributed by atoms with van der Waals surface area (Å²) in [5.74, 6) is 1.24. The van der Waals surface area contributed by atoms with Crippen molar-refractivity contribution in [2.24, 2.45) is 5.92 Å². The van der Waals surface area contributed by atoms with Crippen LogP contribution < -0.4 is 0 Å². The highest BCUT2D eigenvalue weighted by Gasteiger charge is 2.21. The molecule has 0 aromatic heterocycles. The van der Waals surface area contributed by atoms with Crippen LogP contribution in [0.3, 0.4) is 0 Å².